The molecule has 4 nitrogen and oxygen atoms in total. The van der Waals surface area contributed by atoms with Gasteiger partial charge in [0.1, 0.15) is 0 Å². The Labute approximate surface area is 162 Å². The van der Waals surface area contributed by atoms with Gasteiger partial charge in [0.25, 0.3) is 5.91 Å². The van der Waals surface area contributed by atoms with Crippen LogP contribution in [0.1, 0.15) is 42.6 Å². The van der Waals surface area contributed by atoms with E-state index in [2.05, 4.69) is 22.4 Å². The van der Waals surface area contributed by atoms with Crippen LogP contribution < -0.4 is 11.1 Å². The van der Waals surface area contributed by atoms with Gasteiger partial charge >= 0.3 is 0 Å². The number of aryl methyl sites for hydroxylation is 1. The molecule has 2 aromatic rings. The number of pyridine rings is 1. The van der Waals surface area contributed by atoms with E-state index in [1.165, 1.54) is 5.56 Å². The minimum atomic E-state index is -0.350. The Kier molecular flexibility index (Phi) is 9.72. The fraction of sp³-hybridized carbons (Fsp3) is 0.368. The average molecular weight is 384 g/mol. The summed E-state index contributed by atoms with van der Waals surface area (Å²) < 4.78 is 0. The van der Waals surface area contributed by atoms with Crippen molar-refractivity contribution in [3.05, 3.63) is 53.9 Å². The van der Waals surface area contributed by atoms with Gasteiger partial charge in [0.15, 0.2) is 0 Å². The van der Waals surface area contributed by atoms with Gasteiger partial charge in [-0.25, -0.2) is 0 Å². The predicted molar refractivity (Wildman–Crippen MR) is 109 cm³/mol. The number of amides is 1. The highest BCUT2D eigenvalue weighted by molar-refractivity contribution is 5.95. The van der Waals surface area contributed by atoms with Gasteiger partial charge in [-0.3, -0.25) is 9.78 Å². The molecule has 1 aromatic heterocycles. The summed E-state index contributed by atoms with van der Waals surface area (Å²) in [6, 6.07) is 10.1. The third kappa shape index (κ3) is 5.70. The summed E-state index contributed by atoms with van der Waals surface area (Å²) in [5, 5.41) is 3.08. The lowest BCUT2D eigenvalue weighted by atomic mass is 9.92. The number of carbonyl (C=O) groups excluding carboxylic acids is 1. The van der Waals surface area contributed by atoms with Crippen molar-refractivity contribution in [1.82, 2.24) is 10.3 Å². The lowest BCUT2D eigenvalue weighted by Crippen LogP contribution is -2.52. The first-order valence-corrected chi connectivity index (χ1v) is 8.08. The van der Waals surface area contributed by atoms with E-state index < -0.39 is 0 Å². The molecule has 0 bridgehead atoms. The SMILES string of the molecule is CCC(CC)(CN)NC(=O)c1cncc(-c2ccc(C)cc2)c1.Cl.Cl. The van der Waals surface area contributed by atoms with Crippen LogP contribution >= 0.6 is 24.8 Å². The highest BCUT2D eigenvalue weighted by Crippen LogP contribution is 2.21. The van der Waals surface area contributed by atoms with Crippen molar-refractivity contribution >= 4 is 30.7 Å². The summed E-state index contributed by atoms with van der Waals surface area (Å²) in [5.41, 5.74) is 9.25. The number of hydrogen-bond acceptors (Lipinski definition) is 3. The Morgan fingerprint density at radius 1 is 1.08 bits per heavy atom. The third-order valence-electron chi connectivity index (χ3n) is 4.51. The number of nitrogens with one attached hydrogen (secondary N) is 1. The van der Waals surface area contributed by atoms with Gasteiger partial charge in [0, 0.05) is 24.5 Å². The summed E-state index contributed by atoms with van der Waals surface area (Å²) in [4.78, 5) is 16.8. The van der Waals surface area contributed by atoms with Crippen molar-refractivity contribution in [2.45, 2.75) is 39.2 Å². The quantitative estimate of drug-likeness (QED) is 0.786. The monoisotopic (exact) mass is 383 g/mol. The molecule has 25 heavy (non-hydrogen) atoms. The minimum Gasteiger partial charge on any atom is -0.345 e. The van der Waals surface area contributed by atoms with Crippen LogP contribution in [0.2, 0.25) is 0 Å². The van der Waals surface area contributed by atoms with Gasteiger partial charge in [-0.15, -0.1) is 24.8 Å². The lowest BCUT2D eigenvalue weighted by Gasteiger charge is -2.31. The van der Waals surface area contributed by atoms with Gasteiger partial charge in [-0.2, -0.15) is 0 Å². The van der Waals surface area contributed by atoms with Gasteiger partial charge < -0.3 is 11.1 Å². The van der Waals surface area contributed by atoms with E-state index >= 15 is 0 Å². The second-order valence-corrected chi connectivity index (χ2v) is 5.97. The van der Waals surface area contributed by atoms with Crippen molar-refractivity contribution in [2.75, 3.05) is 6.54 Å². The molecular weight excluding hydrogens is 357 g/mol. The standard InChI is InChI=1S/C19H25N3O.2ClH/c1-4-19(5-2,13-20)22-18(23)17-10-16(11-21-12-17)15-8-6-14(3)7-9-15;;/h6-12H,4-5,13,20H2,1-3H3,(H,22,23);2*1H. The summed E-state index contributed by atoms with van der Waals surface area (Å²) >= 11 is 0. The lowest BCUT2D eigenvalue weighted by molar-refractivity contribution is 0.0895. The van der Waals surface area contributed by atoms with Crippen LogP contribution in [0.25, 0.3) is 11.1 Å². The van der Waals surface area contributed by atoms with Crippen LogP contribution in [0.5, 0.6) is 0 Å². The highest BCUT2D eigenvalue weighted by atomic mass is 35.5. The van der Waals surface area contributed by atoms with Gasteiger partial charge in [-0.05, 0) is 31.4 Å². The Bertz CT molecular complexity index is 662. The number of halogens is 2. The molecule has 2 rings (SSSR count). The Morgan fingerprint density at radius 2 is 1.68 bits per heavy atom. The molecule has 0 radical (unpaired) electrons. The summed E-state index contributed by atoms with van der Waals surface area (Å²) in [7, 11) is 0. The van der Waals surface area contributed by atoms with E-state index in [9.17, 15) is 4.79 Å². The number of nitrogens with two attached hydrogens (primary N) is 1. The average Bonchev–Trinajstić information content (AvgIpc) is 2.60. The fourth-order valence-corrected chi connectivity index (χ4v) is 2.55. The molecule has 0 saturated heterocycles. The van der Waals surface area contributed by atoms with E-state index in [1.807, 2.05) is 39.0 Å². The molecule has 0 fully saturated rings. The highest BCUT2D eigenvalue weighted by Gasteiger charge is 2.26. The second-order valence-electron chi connectivity index (χ2n) is 5.97. The largest absolute Gasteiger partial charge is 0.345 e. The molecule has 1 aromatic carbocycles. The zero-order chi connectivity index (χ0) is 16.9. The molecule has 0 unspecified atom stereocenters. The number of nitrogens with zero attached hydrogens (tertiary/aromatic N) is 1. The summed E-state index contributed by atoms with van der Waals surface area (Å²) in [6.07, 6.45) is 4.98. The van der Waals surface area contributed by atoms with Crippen LogP contribution in [0.3, 0.4) is 0 Å². The van der Waals surface area contributed by atoms with Crippen molar-refractivity contribution < 1.29 is 4.79 Å². The molecule has 0 aliphatic carbocycles. The molecule has 1 amide bonds. The molecule has 6 heteroatoms. The normalized spacial score (nSPS) is 10.4. The van der Waals surface area contributed by atoms with Crippen LogP contribution in [-0.2, 0) is 0 Å². The molecular formula is C19H27Cl2N3O. The third-order valence-corrected chi connectivity index (χ3v) is 4.51. The van der Waals surface area contributed by atoms with Gasteiger partial charge in [0.05, 0.1) is 11.1 Å². The van der Waals surface area contributed by atoms with Crippen molar-refractivity contribution in [2.24, 2.45) is 5.73 Å². The van der Waals surface area contributed by atoms with E-state index in [0.717, 1.165) is 24.0 Å². The number of rotatable bonds is 6. The second kappa shape index (κ2) is 10.4. The topological polar surface area (TPSA) is 68.0 Å². The first kappa shape index (κ1) is 23.4. The smallest absolute Gasteiger partial charge is 0.253 e. The van der Waals surface area contributed by atoms with Crippen molar-refractivity contribution in [3.8, 4) is 11.1 Å². The maximum absolute atomic E-state index is 12.6. The van der Waals surface area contributed by atoms with E-state index in [4.69, 9.17) is 5.73 Å². The van der Waals surface area contributed by atoms with Crippen LogP contribution in [0.4, 0.5) is 0 Å². The Hall–Kier alpha value is -1.62. The number of hydrogen-bond donors (Lipinski definition) is 2. The van der Waals surface area contributed by atoms with Crippen LogP contribution in [0.15, 0.2) is 42.7 Å². The summed E-state index contributed by atoms with van der Waals surface area (Å²) in [5.74, 6) is -0.124. The maximum Gasteiger partial charge on any atom is 0.253 e. The van der Waals surface area contributed by atoms with Crippen LogP contribution in [-0.4, -0.2) is 23.0 Å². The van der Waals surface area contributed by atoms with E-state index in [-0.39, 0.29) is 36.3 Å². The van der Waals surface area contributed by atoms with Gasteiger partial charge in [0.2, 0.25) is 0 Å². The molecule has 0 atom stereocenters. The molecule has 0 aliphatic heterocycles. The first-order chi connectivity index (χ1) is 11.0. The Morgan fingerprint density at radius 3 is 2.20 bits per heavy atom. The molecule has 0 aliphatic rings. The predicted octanol–water partition coefficient (Wildman–Crippen LogP) is 4.15. The number of aromatic nitrogens is 1. The van der Waals surface area contributed by atoms with Gasteiger partial charge in [-0.1, -0.05) is 43.7 Å². The fourth-order valence-electron chi connectivity index (χ4n) is 2.55. The number of benzene rings is 1. The minimum absolute atomic E-state index is 0. The molecule has 138 valence electrons. The van der Waals surface area contributed by atoms with E-state index in [0.29, 0.717) is 12.1 Å². The van der Waals surface area contributed by atoms with E-state index in [1.54, 1.807) is 12.4 Å². The van der Waals surface area contributed by atoms with Crippen LogP contribution in [0, 0.1) is 6.92 Å². The summed E-state index contributed by atoms with van der Waals surface area (Å²) in [6.45, 7) is 6.56. The number of carbonyl (C=O) groups is 1. The first-order valence-electron chi connectivity index (χ1n) is 8.08. The maximum atomic E-state index is 12.6. The van der Waals surface area contributed by atoms with Crippen molar-refractivity contribution in [1.29, 1.82) is 0 Å². The molecule has 1 heterocycles. The molecule has 3 N–H and O–H groups in total. The molecule has 0 saturated carbocycles. The Balaban J connectivity index is 0.00000288. The van der Waals surface area contributed by atoms with Crippen molar-refractivity contribution in [3.63, 3.8) is 0 Å². The zero-order valence-electron chi connectivity index (χ0n) is 14.9. The zero-order valence-corrected chi connectivity index (χ0v) is 16.5. The molecule has 0 spiro atoms.